The molecule has 0 saturated heterocycles. The summed E-state index contributed by atoms with van der Waals surface area (Å²) in [5.74, 6) is 0.118. The van der Waals surface area contributed by atoms with Gasteiger partial charge >= 0.3 is 0 Å². The number of aromatic nitrogens is 3. The summed E-state index contributed by atoms with van der Waals surface area (Å²) >= 11 is 0. The molecular weight excluding hydrogens is 378 g/mol. The van der Waals surface area contributed by atoms with Crippen LogP contribution in [0.1, 0.15) is 46.7 Å². The minimum Gasteiger partial charge on any atom is -0.352 e. The van der Waals surface area contributed by atoms with Crippen LogP contribution in [-0.4, -0.2) is 38.7 Å². The first-order valence-corrected chi connectivity index (χ1v) is 10.4. The summed E-state index contributed by atoms with van der Waals surface area (Å²) in [7, 11) is 0. The fourth-order valence-electron chi connectivity index (χ4n) is 3.83. The molecule has 30 heavy (non-hydrogen) atoms. The number of aryl methyl sites for hydroxylation is 1. The van der Waals surface area contributed by atoms with Crippen molar-refractivity contribution in [3.8, 4) is 5.69 Å². The van der Waals surface area contributed by atoms with Crippen molar-refractivity contribution < 1.29 is 9.59 Å². The largest absolute Gasteiger partial charge is 0.352 e. The van der Waals surface area contributed by atoms with Gasteiger partial charge in [-0.1, -0.05) is 0 Å². The predicted molar refractivity (Wildman–Crippen MR) is 115 cm³/mol. The topological polar surface area (TPSA) is 81.0 Å². The highest BCUT2D eigenvalue weighted by Gasteiger charge is 2.25. The molecule has 156 valence electrons. The van der Waals surface area contributed by atoms with Gasteiger partial charge in [-0.3, -0.25) is 14.3 Å². The van der Waals surface area contributed by atoms with Crippen LogP contribution in [0, 0.1) is 5.92 Å². The van der Waals surface area contributed by atoms with Crippen LogP contribution in [-0.2, 0) is 13.0 Å². The maximum absolute atomic E-state index is 12.6. The molecule has 7 heteroatoms. The Bertz CT molecular complexity index is 1020. The molecule has 0 saturated carbocycles. The third-order valence-electron chi connectivity index (χ3n) is 5.43. The molecule has 4 rings (SSSR count). The summed E-state index contributed by atoms with van der Waals surface area (Å²) < 4.78 is 3.91. The first-order valence-electron chi connectivity index (χ1n) is 10.4. The van der Waals surface area contributed by atoms with Crippen LogP contribution < -0.4 is 10.6 Å². The number of hydrogen-bond donors (Lipinski definition) is 2. The van der Waals surface area contributed by atoms with Crippen molar-refractivity contribution in [3.05, 3.63) is 71.8 Å². The van der Waals surface area contributed by atoms with E-state index in [0.29, 0.717) is 17.7 Å². The number of carbonyl (C=O) groups is 2. The number of fused-ring (bicyclic) bond motifs is 1. The summed E-state index contributed by atoms with van der Waals surface area (Å²) in [5, 5.41) is 10.3. The predicted octanol–water partition coefficient (Wildman–Crippen LogP) is 2.80. The van der Waals surface area contributed by atoms with Gasteiger partial charge in [0, 0.05) is 42.8 Å². The van der Waals surface area contributed by atoms with Crippen molar-refractivity contribution in [1.82, 2.24) is 25.0 Å². The monoisotopic (exact) mass is 405 g/mol. The van der Waals surface area contributed by atoms with E-state index in [1.54, 1.807) is 6.20 Å². The lowest BCUT2D eigenvalue weighted by molar-refractivity contribution is 0.0930. The third kappa shape index (κ3) is 4.30. The first kappa shape index (κ1) is 19.9. The van der Waals surface area contributed by atoms with Gasteiger partial charge in [0.15, 0.2) is 0 Å². The molecule has 1 aliphatic rings. The van der Waals surface area contributed by atoms with E-state index in [9.17, 15) is 9.59 Å². The minimum absolute atomic E-state index is 0.0779. The molecule has 2 N–H and O–H groups in total. The van der Waals surface area contributed by atoms with E-state index >= 15 is 0 Å². The minimum atomic E-state index is -0.0845. The molecular formula is C23H27N5O2. The number of benzene rings is 1. The molecule has 3 heterocycles. The van der Waals surface area contributed by atoms with Crippen molar-refractivity contribution in [3.63, 3.8) is 0 Å². The van der Waals surface area contributed by atoms with Gasteiger partial charge in [0.1, 0.15) is 0 Å². The van der Waals surface area contributed by atoms with Crippen LogP contribution in [0.25, 0.3) is 5.69 Å². The quantitative estimate of drug-likeness (QED) is 0.662. The summed E-state index contributed by atoms with van der Waals surface area (Å²) in [6.07, 6.45) is 7.25. The first-order chi connectivity index (χ1) is 14.5. The van der Waals surface area contributed by atoms with E-state index in [1.807, 2.05) is 71.9 Å². The Labute approximate surface area is 176 Å². The van der Waals surface area contributed by atoms with Gasteiger partial charge in [0.2, 0.25) is 0 Å². The van der Waals surface area contributed by atoms with Gasteiger partial charge in [0.25, 0.3) is 11.8 Å². The molecule has 0 fully saturated rings. The van der Waals surface area contributed by atoms with Crippen LogP contribution in [0.4, 0.5) is 0 Å². The number of hydrogen-bond acceptors (Lipinski definition) is 3. The van der Waals surface area contributed by atoms with E-state index in [1.165, 1.54) is 0 Å². The Kier molecular flexibility index (Phi) is 5.70. The molecule has 0 spiro atoms. The van der Waals surface area contributed by atoms with Crippen LogP contribution in [0.2, 0.25) is 0 Å². The molecule has 1 aromatic carbocycles. The van der Waals surface area contributed by atoms with Gasteiger partial charge in [-0.15, -0.1) is 0 Å². The normalized spacial score (nSPS) is 15.6. The maximum atomic E-state index is 12.6. The Balaban J connectivity index is 1.35. The smallest absolute Gasteiger partial charge is 0.254 e. The fourth-order valence-corrected chi connectivity index (χ4v) is 3.83. The average molecular weight is 406 g/mol. The maximum Gasteiger partial charge on any atom is 0.254 e. The summed E-state index contributed by atoms with van der Waals surface area (Å²) in [6.45, 7) is 5.22. The average Bonchev–Trinajstić information content (AvgIpc) is 3.41. The fraction of sp³-hybridized carbons (Fsp3) is 0.348. The van der Waals surface area contributed by atoms with Crippen LogP contribution in [0.3, 0.4) is 0 Å². The van der Waals surface area contributed by atoms with Crippen molar-refractivity contribution in [2.45, 2.75) is 39.3 Å². The van der Waals surface area contributed by atoms with Gasteiger partial charge in [-0.2, -0.15) is 5.10 Å². The number of nitrogens with zero attached hydrogens (tertiary/aromatic N) is 3. The zero-order valence-electron chi connectivity index (χ0n) is 17.3. The molecule has 0 bridgehead atoms. The summed E-state index contributed by atoms with van der Waals surface area (Å²) in [4.78, 5) is 25.0. The third-order valence-corrected chi connectivity index (χ3v) is 5.43. The van der Waals surface area contributed by atoms with Crippen molar-refractivity contribution >= 4 is 11.8 Å². The standard InChI is InChI=1S/C23H27N5O2/c1-16(2)26-23(30)20-15-25-28-12-9-17(13-21(20)28)14-24-22(29)18-5-7-19(8-6-18)27-10-3-4-11-27/h3-8,10-11,15-17H,9,12-14H2,1-2H3,(H,24,29)(H,26,30)/t17-/m1/s1. The highest BCUT2D eigenvalue weighted by Crippen LogP contribution is 2.23. The number of amides is 2. The van der Waals surface area contributed by atoms with E-state index in [2.05, 4.69) is 15.7 Å². The van der Waals surface area contributed by atoms with Gasteiger partial charge < -0.3 is 15.2 Å². The summed E-state index contributed by atoms with van der Waals surface area (Å²) in [6, 6.07) is 11.6. The lowest BCUT2D eigenvalue weighted by Crippen LogP contribution is -2.35. The molecule has 2 aromatic heterocycles. The number of nitrogens with one attached hydrogen (secondary N) is 2. The van der Waals surface area contributed by atoms with Gasteiger partial charge in [0.05, 0.1) is 17.5 Å². The van der Waals surface area contributed by atoms with E-state index in [-0.39, 0.29) is 23.8 Å². The SMILES string of the molecule is CC(C)NC(=O)c1cnn2c1C[C@H](CNC(=O)c1ccc(-n3cccc3)cc1)CC2. The highest BCUT2D eigenvalue weighted by molar-refractivity contribution is 5.95. The van der Waals surface area contributed by atoms with E-state index in [0.717, 1.165) is 30.8 Å². The molecule has 7 nitrogen and oxygen atoms in total. The second-order valence-electron chi connectivity index (χ2n) is 8.06. The van der Waals surface area contributed by atoms with Gasteiger partial charge in [-0.05, 0) is 69.0 Å². The Hall–Kier alpha value is -3.35. The molecule has 1 atom stereocenters. The second kappa shape index (κ2) is 8.57. The Morgan fingerprint density at radius 2 is 1.87 bits per heavy atom. The number of carbonyl (C=O) groups excluding carboxylic acids is 2. The van der Waals surface area contributed by atoms with E-state index < -0.39 is 0 Å². The van der Waals surface area contributed by atoms with Crippen LogP contribution in [0.15, 0.2) is 55.0 Å². The Morgan fingerprint density at radius 3 is 2.57 bits per heavy atom. The van der Waals surface area contributed by atoms with Crippen LogP contribution in [0.5, 0.6) is 0 Å². The molecule has 2 amide bonds. The van der Waals surface area contributed by atoms with Gasteiger partial charge in [-0.25, -0.2) is 0 Å². The molecule has 0 aliphatic carbocycles. The number of rotatable bonds is 6. The molecule has 0 unspecified atom stereocenters. The zero-order valence-corrected chi connectivity index (χ0v) is 17.3. The lowest BCUT2D eigenvalue weighted by atomic mass is 9.94. The van der Waals surface area contributed by atoms with Crippen LogP contribution >= 0.6 is 0 Å². The second-order valence-corrected chi connectivity index (χ2v) is 8.06. The summed E-state index contributed by atoms with van der Waals surface area (Å²) in [5.41, 5.74) is 3.25. The van der Waals surface area contributed by atoms with Crippen molar-refractivity contribution in [1.29, 1.82) is 0 Å². The Morgan fingerprint density at radius 1 is 1.13 bits per heavy atom. The zero-order chi connectivity index (χ0) is 21.1. The highest BCUT2D eigenvalue weighted by atomic mass is 16.2. The van der Waals surface area contributed by atoms with E-state index in [4.69, 9.17) is 0 Å². The van der Waals surface area contributed by atoms with Crippen molar-refractivity contribution in [2.24, 2.45) is 5.92 Å². The molecule has 1 aliphatic heterocycles. The lowest BCUT2D eigenvalue weighted by Gasteiger charge is -2.24. The molecule has 0 radical (unpaired) electrons. The van der Waals surface area contributed by atoms with Crippen molar-refractivity contribution in [2.75, 3.05) is 6.54 Å². The molecule has 3 aromatic rings.